The number of unbranched alkanes of at least 4 members (excludes halogenated alkanes) is 1. The van der Waals surface area contributed by atoms with E-state index in [4.69, 9.17) is 37.9 Å². The Morgan fingerprint density at radius 1 is 0.481 bits per heavy atom. The predicted molar refractivity (Wildman–Crippen MR) is 163 cm³/mol. The quantitative estimate of drug-likeness (QED) is 0.0480. The summed E-state index contributed by atoms with van der Waals surface area (Å²) < 4.78 is 42.3. The first-order valence-corrected chi connectivity index (χ1v) is 17.1. The molecule has 0 spiro atoms. The maximum atomic E-state index is 12.4. The molecular weight excluding hydrogens is 744 g/mol. The second-order valence-corrected chi connectivity index (χ2v) is 13.3. The number of hydrogen-bond acceptors (Lipinski definition) is 24. The summed E-state index contributed by atoms with van der Waals surface area (Å²) in [5.41, 5.74) is 0. The van der Waals surface area contributed by atoms with Crippen molar-refractivity contribution in [1.29, 1.82) is 0 Å². The van der Waals surface area contributed by atoms with Gasteiger partial charge in [0.1, 0.15) is 112 Å². The lowest BCUT2D eigenvalue weighted by Gasteiger charge is -2.43. The van der Waals surface area contributed by atoms with Gasteiger partial charge >= 0.3 is 11.9 Å². The number of hydrogen-bond donors (Lipinski definition) is 14. The van der Waals surface area contributed by atoms with Crippen LogP contribution in [-0.4, -0.2) is 233 Å². The summed E-state index contributed by atoms with van der Waals surface area (Å²) in [5, 5.41) is 141. The lowest BCUT2D eigenvalue weighted by molar-refractivity contribution is -0.383. The number of rotatable bonds is 17. The van der Waals surface area contributed by atoms with Crippen molar-refractivity contribution in [1.82, 2.24) is 0 Å². The summed E-state index contributed by atoms with van der Waals surface area (Å²) in [7, 11) is 0. The zero-order chi connectivity index (χ0) is 40.1. The molecule has 0 aliphatic carbocycles. The van der Waals surface area contributed by atoms with E-state index < -0.39 is 161 Å². The normalized spacial score (nSPS) is 45.4. The van der Waals surface area contributed by atoms with Crippen molar-refractivity contribution in [2.75, 3.05) is 39.6 Å². The lowest BCUT2D eigenvalue weighted by Crippen LogP contribution is -2.62. The summed E-state index contributed by atoms with van der Waals surface area (Å²) in [6, 6.07) is 0. The average molecular weight is 795 g/mol. The first kappa shape index (κ1) is 44.8. The van der Waals surface area contributed by atoms with Crippen LogP contribution in [0.25, 0.3) is 0 Å². The Morgan fingerprint density at radius 2 is 0.833 bits per heavy atom. The third-order valence-corrected chi connectivity index (χ3v) is 9.61. The molecule has 4 fully saturated rings. The molecule has 4 rings (SSSR count). The van der Waals surface area contributed by atoms with Crippen LogP contribution in [0.4, 0.5) is 0 Å². The van der Waals surface area contributed by atoms with E-state index in [9.17, 15) is 81.1 Å². The molecule has 0 amide bonds. The molecule has 0 radical (unpaired) electrons. The number of aliphatic hydroxyl groups is 14. The first-order valence-electron chi connectivity index (χ1n) is 17.1. The molecule has 14 N–H and O–H groups in total. The van der Waals surface area contributed by atoms with Gasteiger partial charge in [-0.05, 0) is 12.8 Å². The van der Waals surface area contributed by atoms with Crippen LogP contribution in [0, 0.1) is 0 Å². The Kier molecular flexibility index (Phi) is 15.8. The number of carbonyl (C=O) groups is 2. The van der Waals surface area contributed by atoms with Crippen LogP contribution in [0.15, 0.2) is 0 Å². The summed E-state index contributed by atoms with van der Waals surface area (Å²) >= 11 is 0. The molecule has 0 aromatic heterocycles. The van der Waals surface area contributed by atoms with E-state index in [0.29, 0.717) is 0 Å². The van der Waals surface area contributed by atoms with Gasteiger partial charge in [-0.15, -0.1) is 0 Å². The van der Waals surface area contributed by atoms with Gasteiger partial charge in [-0.3, -0.25) is 9.59 Å². The van der Waals surface area contributed by atoms with Crippen LogP contribution in [0.1, 0.15) is 25.7 Å². The minimum atomic E-state index is -2.40. The van der Waals surface area contributed by atoms with E-state index in [-0.39, 0.29) is 25.7 Å². The maximum absolute atomic E-state index is 12.4. The molecule has 54 heavy (non-hydrogen) atoms. The molecule has 0 unspecified atom stereocenters. The SMILES string of the molecule is O=C(CCCCC(=O)OC[C@H]1O[C@H](O[C@]2(CO)O[C@H](CO)[C@@H](O)[C@@H]2O)[C@H](O)[C@@H](O)[C@@H]1O)OC[C@H]1O[C@H](O[C@]2(CO)O[C@H](CO)[C@@H](O)[C@@H]2O)[C@H](O)[C@@H](O)[C@@H]1O. The van der Waals surface area contributed by atoms with Gasteiger partial charge in [0.25, 0.3) is 0 Å². The van der Waals surface area contributed by atoms with Crippen molar-refractivity contribution >= 4 is 11.9 Å². The molecule has 4 saturated heterocycles. The van der Waals surface area contributed by atoms with Crippen molar-refractivity contribution < 1.29 is 119 Å². The standard InChI is InChI=1S/C30H50O24/c31-5-11-19(39)25(45)29(9-33,51-11)53-27-23(43)21(41)17(37)13(49-27)7-47-15(35)3-1-2-4-16(36)48-8-14-18(38)22(42)24(44)28(50-14)54-30(10-34)26(46)20(40)12(6-32)52-30/h11-14,17-28,31-34,37-46H,1-10H2/t11-,12-,13-,14-,17-,18-,19-,20-,21+,22+,23-,24-,25+,26+,27-,28-,29+,30+/m1/s1. The van der Waals surface area contributed by atoms with E-state index in [1.54, 1.807) is 0 Å². The lowest BCUT2D eigenvalue weighted by atomic mass is 9.99. The zero-order valence-electron chi connectivity index (χ0n) is 28.7. The fraction of sp³-hybridized carbons (Fsp3) is 0.933. The van der Waals surface area contributed by atoms with Crippen molar-refractivity contribution in [3.63, 3.8) is 0 Å². The molecule has 18 atom stereocenters. The number of esters is 2. The minimum absolute atomic E-state index is 0.0767. The van der Waals surface area contributed by atoms with Gasteiger partial charge in [-0.1, -0.05) is 0 Å². The largest absolute Gasteiger partial charge is 0.463 e. The molecule has 314 valence electrons. The van der Waals surface area contributed by atoms with Gasteiger partial charge in [0.15, 0.2) is 12.6 Å². The van der Waals surface area contributed by atoms with Crippen LogP contribution in [-0.2, 0) is 47.5 Å². The summed E-state index contributed by atoms with van der Waals surface area (Å²) in [5.74, 6) is -6.47. The average Bonchev–Trinajstić information content (AvgIpc) is 3.56. The Balaban J connectivity index is 1.20. The molecule has 4 aliphatic heterocycles. The van der Waals surface area contributed by atoms with Gasteiger partial charge in [0, 0.05) is 12.8 Å². The number of aliphatic hydroxyl groups excluding tert-OH is 14. The molecule has 4 aliphatic rings. The van der Waals surface area contributed by atoms with Crippen LogP contribution < -0.4 is 0 Å². The molecule has 0 aromatic rings. The Bertz CT molecular complexity index is 1120. The van der Waals surface area contributed by atoms with E-state index >= 15 is 0 Å². The van der Waals surface area contributed by atoms with Crippen molar-refractivity contribution in [3.05, 3.63) is 0 Å². The summed E-state index contributed by atoms with van der Waals surface area (Å²) in [6.45, 7) is -5.08. The zero-order valence-corrected chi connectivity index (χ0v) is 28.7. The molecule has 4 heterocycles. The fourth-order valence-electron chi connectivity index (χ4n) is 6.27. The highest BCUT2D eigenvalue weighted by Crippen LogP contribution is 2.37. The smallest absolute Gasteiger partial charge is 0.305 e. The minimum Gasteiger partial charge on any atom is -0.463 e. The van der Waals surface area contributed by atoms with E-state index in [0.717, 1.165) is 0 Å². The second kappa shape index (κ2) is 19.1. The van der Waals surface area contributed by atoms with E-state index in [2.05, 4.69) is 0 Å². The maximum Gasteiger partial charge on any atom is 0.305 e. The number of carbonyl (C=O) groups excluding carboxylic acids is 2. The Labute approximate surface area is 306 Å². The van der Waals surface area contributed by atoms with Crippen LogP contribution in [0.3, 0.4) is 0 Å². The molecular formula is C30H50O24. The molecule has 24 nitrogen and oxygen atoms in total. The van der Waals surface area contributed by atoms with Crippen LogP contribution in [0.2, 0.25) is 0 Å². The molecule has 0 aromatic carbocycles. The van der Waals surface area contributed by atoms with Crippen molar-refractivity contribution in [2.24, 2.45) is 0 Å². The first-order chi connectivity index (χ1) is 25.5. The van der Waals surface area contributed by atoms with Gasteiger partial charge in [-0.2, -0.15) is 0 Å². The van der Waals surface area contributed by atoms with Gasteiger partial charge in [0.05, 0.1) is 13.2 Å². The highest BCUT2D eigenvalue weighted by Gasteiger charge is 2.60. The predicted octanol–water partition coefficient (Wildman–Crippen LogP) is -9.12. The van der Waals surface area contributed by atoms with Crippen LogP contribution in [0.5, 0.6) is 0 Å². The topological polar surface area (TPSA) is 391 Å². The van der Waals surface area contributed by atoms with E-state index in [1.165, 1.54) is 0 Å². The highest BCUT2D eigenvalue weighted by molar-refractivity contribution is 5.70. The Morgan fingerprint density at radius 3 is 1.13 bits per heavy atom. The third-order valence-electron chi connectivity index (χ3n) is 9.61. The van der Waals surface area contributed by atoms with E-state index in [1.807, 2.05) is 0 Å². The summed E-state index contributed by atoms with van der Waals surface area (Å²) in [6.07, 6.45) is -28.6. The van der Waals surface area contributed by atoms with Crippen molar-refractivity contribution in [2.45, 2.75) is 135 Å². The second-order valence-electron chi connectivity index (χ2n) is 13.3. The van der Waals surface area contributed by atoms with Gasteiger partial charge < -0.3 is 109 Å². The van der Waals surface area contributed by atoms with Crippen LogP contribution >= 0.6 is 0 Å². The monoisotopic (exact) mass is 794 g/mol. The highest BCUT2D eigenvalue weighted by atomic mass is 16.8. The molecule has 0 saturated carbocycles. The van der Waals surface area contributed by atoms with Gasteiger partial charge in [-0.25, -0.2) is 0 Å². The summed E-state index contributed by atoms with van der Waals surface area (Å²) in [4.78, 5) is 24.7. The Hall–Kier alpha value is -1.86. The molecule has 24 heteroatoms. The van der Waals surface area contributed by atoms with Crippen molar-refractivity contribution in [3.8, 4) is 0 Å². The van der Waals surface area contributed by atoms with Gasteiger partial charge in [0.2, 0.25) is 11.6 Å². The number of ether oxygens (including phenoxy) is 8. The third kappa shape index (κ3) is 9.46. The fourth-order valence-corrected chi connectivity index (χ4v) is 6.27. The molecule has 0 bridgehead atoms.